The van der Waals surface area contributed by atoms with Crippen LogP contribution < -0.4 is 4.90 Å². The predicted octanol–water partition coefficient (Wildman–Crippen LogP) is 3.52. The summed E-state index contributed by atoms with van der Waals surface area (Å²) in [4.78, 5) is 2.20. The van der Waals surface area contributed by atoms with Crippen molar-refractivity contribution >= 4 is 5.69 Å². The largest absolute Gasteiger partial charge is 0.348 e. The number of allylic oxidation sites excluding steroid dienone is 6. The van der Waals surface area contributed by atoms with Crippen molar-refractivity contribution in [2.75, 3.05) is 11.9 Å². The Morgan fingerprint density at radius 2 is 1.60 bits per heavy atom. The fourth-order valence-corrected chi connectivity index (χ4v) is 1.65. The van der Waals surface area contributed by atoms with Gasteiger partial charge in [0, 0.05) is 18.4 Å². The third kappa shape index (κ3) is 2.01. The molecule has 1 aliphatic carbocycles. The highest BCUT2D eigenvalue weighted by Gasteiger charge is 2.05. The summed E-state index contributed by atoms with van der Waals surface area (Å²) < 4.78 is 0. The monoisotopic (exact) mass is 197 g/mol. The fraction of sp³-hybridized carbons (Fsp3) is 0.143. The molecule has 0 atom stereocenters. The Morgan fingerprint density at radius 1 is 1.00 bits per heavy atom. The minimum absolute atomic E-state index is 1.22. The van der Waals surface area contributed by atoms with Crippen molar-refractivity contribution in [2.24, 2.45) is 0 Å². The van der Waals surface area contributed by atoms with Crippen LogP contribution in [0.2, 0.25) is 0 Å². The van der Waals surface area contributed by atoms with E-state index in [1.54, 1.807) is 0 Å². The number of para-hydroxylation sites is 1. The molecule has 1 aromatic carbocycles. The first kappa shape index (κ1) is 9.78. The fourth-order valence-electron chi connectivity index (χ4n) is 1.65. The molecule has 0 saturated carbocycles. The molecule has 0 fully saturated rings. The van der Waals surface area contributed by atoms with Crippen LogP contribution in [0.15, 0.2) is 65.9 Å². The Bertz CT molecular complexity index is 410. The van der Waals surface area contributed by atoms with Gasteiger partial charge in [-0.1, -0.05) is 42.5 Å². The van der Waals surface area contributed by atoms with Gasteiger partial charge in [-0.2, -0.15) is 0 Å². The molecule has 0 bridgehead atoms. The second kappa shape index (κ2) is 4.18. The molecule has 0 heterocycles. The van der Waals surface area contributed by atoms with E-state index in [0.29, 0.717) is 0 Å². The molecule has 76 valence electrons. The van der Waals surface area contributed by atoms with Gasteiger partial charge in [-0.05, 0) is 24.6 Å². The van der Waals surface area contributed by atoms with Crippen LogP contribution in [0, 0.1) is 0 Å². The van der Waals surface area contributed by atoms with E-state index in [4.69, 9.17) is 0 Å². The third-order valence-electron chi connectivity index (χ3n) is 2.73. The molecule has 0 saturated heterocycles. The summed E-state index contributed by atoms with van der Waals surface area (Å²) in [7, 11) is 2.09. The van der Waals surface area contributed by atoms with Crippen LogP contribution in [0.3, 0.4) is 0 Å². The molecule has 1 aliphatic rings. The number of hydrogen-bond donors (Lipinski definition) is 0. The second-order valence-corrected chi connectivity index (χ2v) is 3.65. The van der Waals surface area contributed by atoms with E-state index in [2.05, 4.69) is 67.4 Å². The minimum atomic E-state index is 1.22. The van der Waals surface area contributed by atoms with Crippen molar-refractivity contribution in [3.8, 4) is 0 Å². The highest BCUT2D eigenvalue weighted by atomic mass is 15.1. The number of nitrogens with zero attached hydrogens (tertiary/aromatic N) is 1. The smallest absolute Gasteiger partial charge is 0.0405 e. The molecule has 0 aliphatic heterocycles. The summed E-state index contributed by atoms with van der Waals surface area (Å²) in [6, 6.07) is 10.4. The Morgan fingerprint density at radius 3 is 2.20 bits per heavy atom. The van der Waals surface area contributed by atoms with E-state index in [0.717, 1.165) is 0 Å². The van der Waals surface area contributed by atoms with Gasteiger partial charge in [0.2, 0.25) is 0 Å². The lowest BCUT2D eigenvalue weighted by atomic mass is 10.2. The maximum atomic E-state index is 2.20. The maximum absolute atomic E-state index is 2.20. The standard InChI is InChI=1S/C14H15N/c1-12(13-8-6-7-9-13)15(2)14-10-4-3-5-11-14/h3-11H,1-2H3. The van der Waals surface area contributed by atoms with Crippen molar-refractivity contribution in [2.45, 2.75) is 6.92 Å². The van der Waals surface area contributed by atoms with Gasteiger partial charge < -0.3 is 4.90 Å². The van der Waals surface area contributed by atoms with E-state index in [9.17, 15) is 0 Å². The van der Waals surface area contributed by atoms with E-state index in [1.807, 2.05) is 6.07 Å². The van der Waals surface area contributed by atoms with Crippen LogP contribution in [0.5, 0.6) is 0 Å². The van der Waals surface area contributed by atoms with Crippen molar-refractivity contribution in [1.82, 2.24) is 0 Å². The van der Waals surface area contributed by atoms with Gasteiger partial charge in [0.25, 0.3) is 0 Å². The Balaban J connectivity index is 2.29. The van der Waals surface area contributed by atoms with Gasteiger partial charge in [0.05, 0.1) is 0 Å². The molecule has 0 radical (unpaired) electrons. The summed E-state index contributed by atoms with van der Waals surface area (Å²) in [6.07, 6.45) is 8.40. The lowest BCUT2D eigenvalue weighted by Gasteiger charge is -2.21. The van der Waals surface area contributed by atoms with Crippen molar-refractivity contribution < 1.29 is 0 Å². The normalized spacial score (nSPS) is 13.3. The first-order valence-corrected chi connectivity index (χ1v) is 5.13. The van der Waals surface area contributed by atoms with Gasteiger partial charge in [-0.25, -0.2) is 0 Å². The molecule has 0 unspecified atom stereocenters. The van der Waals surface area contributed by atoms with Crippen LogP contribution in [0.4, 0.5) is 5.69 Å². The quantitative estimate of drug-likeness (QED) is 0.701. The number of benzene rings is 1. The van der Waals surface area contributed by atoms with Crippen LogP contribution >= 0.6 is 0 Å². The Kier molecular flexibility index (Phi) is 2.72. The average molecular weight is 197 g/mol. The van der Waals surface area contributed by atoms with Gasteiger partial charge in [0.15, 0.2) is 0 Å². The summed E-state index contributed by atoms with van der Waals surface area (Å²) >= 11 is 0. The molecule has 2 rings (SSSR count). The van der Waals surface area contributed by atoms with Crippen molar-refractivity contribution in [1.29, 1.82) is 0 Å². The van der Waals surface area contributed by atoms with Crippen LogP contribution in [0.25, 0.3) is 0 Å². The Hall–Kier alpha value is -1.76. The van der Waals surface area contributed by atoms with E-state index < -0.39 is 0 Å². The van der Waals surface area contributed by atoms with Crippen LogP contribution in [-0.2, 0) is 0 Å². The molecule has 1 nitrogen and oxygen atoms in total. The summed E-state index contributed by atoms with van der Waals surface area (Å²) in [5, 5.41) is 0. The number of hydrogen-bond acceptors (Lipinski definition) is 1. The molecule has 0 amide bonds. The predicted molar refractivity (Wildman–Crippen MR) is 65.8 cm³/mol. The summed E-state index contributed by atoms with van der Waals surface area (Å²) in [5.41, 5.74) is 3.77. The molecule has 15 heavy (non-hydrogen) atoms. The van der Waals surface area contributed by atoms with Crippen LogP contribution in [-0.4, -0.2) is 7.05 Å². The molecule has 0 aromatic heterocycles. The molecule has 0 N–H and O–H groups in total. The first-order chi connectivity index (χ1) is 7.29. The lowest BCUT2D eigenvalue weighted by Crippen LogP contribution is -2.15. The van der Waals surface area contributed by atoms with Gasteiger partial charge >= 0.3 is 0 Å². The molecule has 1 heteroatoms. The van der Waals surface area contributed by atoms with Gasteiger partial charge in [-0.15, -0.1) is 0 Å². The van der Waals surface area contributed by atoms with Crippen molar-refractivity contribution in [3.63, 3.8) is 0 Å². The number of anilines is 1. The first-order valence-electron chi connectivity index (χ1n) is 5.13. The average Bonchev–Trinajstić information content (AvgIpc) is 2.82. The molecule has 0 spiro atoms. The third-order valence-corrected chi connectivity index (χ3v) is 2.73. The van der Waals surface area contributed by atoms with Crippen LogP contribution in [0.1, 0.15) is 6.92 Å². The zero-order valence-corrected chi connectivity index (χ0v) is 9.14. The zero-order chi connectivity index (χ0) is 10.7. The van der Waals surface area contributed by atoms with E-state index in [-0.39, 0.29) is 0 Å². The SMILES string of the molecule is CC(=C1C=CC=C1)N(C)c1ccccc1. The molecule has 1 aromatic rings. The second-order valence-electron chi connectivity index (χ2n) is 3.65. The van der Waals surface area contributed by atoms with Crippen molar-refractivity contribution in [3.05, 3.63) is 65.9 Å². The maximum Gasteiger partial charge on any atom is 0.0405 e. The summed E-state index contributed by atoms with van der Waals surface area (Å²) in [5.74, 6) is 0. The molecular weight excluding hydrogens is 182 g/mol. The molecular formula is C14H15N. The topological polar surface area (TPSA) is 3.24 Å². The van der Waals surface area contributed by atoms with Gasteiger partial charge in [0.1, 0.15) is 0 Å². The van der Waals surface area contributed by atoms with E-state index in [1.165, 1.54) is 17.0 Å². The highest BCUT2D eigenvalue weighted by Crippen LogP contribution is 2.21. The van der Waals surface area contributed by atoms with E-state index >= 15 is 0 Å². The number of rotatable bonds is 2. The zero-order valence-electron chi connectivity index (χ0n) is 9.14. The summed E-state index contributed by atoms with van der Waals surface area (Å²) in [6.45, 7) is 2.14. The lowest BCUT2D eigenvalue weighted by molar-refractivity contribution is 1.08. The minimum Gasteiger partial charge on any atom is -0.348 e. The highest BCUT2D eigenvalue weighted by molar-refractivity contribution is 5.55. The Labute approximate surface area is 91.0 Å². The van der Waals surface area contributed by atoms with Gasteiger partial charge in [-0.3, -0.25) is 0 Å².